The lowest BCUT2D eigenvalue weighted by molar-refractivity contribution is 0.312. The van der Waals surface area contributed by atoms with Gasteiger partial charge in [0, 0.05) is 42.6 Å². The molecule has 0 amide bonds. The minimum atomic E-state index is 0.500. The highest BCUT2D eigenvalue weighted by molar-refractivity contribution is 6.31. The summed E-state index contributed by atoms with van der Waals surface area (Å²) in [6.07, 6.45) is 2.37. The SMILES string of the molecule is CN1CCN(c2nc(NC3CC3)nc3c2oc2ccc(Cl)cc23)CC1. The quantitative estimate of drug-likeness (QED) is 0.775. The van der Waals surface area contributed by atoms with E-state index in [1.807, 2.05) is 18.2 Å². The Bertz CT molecular complexity index is 943. The summed E-state index contributed by atoms with van der Waals surface area (Å²) < 4.78 is 6.13. The van der Waals surface area contributed by atoms with Crippen molar-refractivity contribution < 1.29 is 4.42 Å². The molecule has 2 aliphatic rings. The molecule has 7 heteroatoms. The Labute approximate surface area is 150 Å². The largest absolute Gasteiger partial charge is 0.450 e. The predicted molar refractivity (Wildman–Crippen MR) is 101 cm³/mol. The Balaban J connectivity index is 1.68. The Kier molecular flexibility index (Phi) is 3.50. The highest BCUT2D eigenvalue weighted by Crippen LogP contribution is 2.36. The van der Waals surface area contributed by atoms with E-state index in [9.17, 15) is 0 Å². The van der Waals surface area contributed by atoms with E-state index >= 15 is 0 Å². The fourth-order valence-corrected chi connectivity index (χ4v) is 3.48. The molecule has 1 aromatic carbocycles. The molecule has 0 radical (unpaired) electrons. The number of hydrogen-bond acceptors (Lipinski definition) is 6. The van der Waals surface area contributed by atoms with Crippen LogP contribution >= 0.6 is 11.6 Å². The Hall–Kier alpha value is -2.05. The number of halogens is 1. The second kappa shape index (κ2) is 5.75. The standard InChI is InChI=1S/C18H20ClN5O/c1-23-6-8-24(9-7-23)17-16-15(21-18(22-17)20-12-3-4-12)13-10-11(19)2-5-14(13)25-16/h2,5,10,12H,3-4,6-9H2,1H3,(H,20,21,22). The van der Waals surface area contributed by atoms with Gasteiger partial charge in [-0.25, -0.2) is 4.98 Å². The number of aromatic nitrogens is 2. The van der Waals surface area contributed by atoms with E-state index in [-0.39, 0.29) is 0 Å². The van der Waals surface area contributed by atoms with Gasteiger partial charge in [0.15, 0.2) is 11.4 Å². The third-order valence-corrected chi connectivity index (χ3v) is 5.20. The van der Waals surface area contributed by atoms with Crippen molar-refractivity contribution in [2.24, 2.45) is 0 Å². The van der Waals surface area contributed by atoms with Crippen molar-refractivity contribution in [1.82, 2.24) is 14.9 Å². The second-order valence-electron chi connectivity index (χ2n) is 7.00. The highest BCUT2D eigenvalue weighted by atomic mass is 35.5. The number of benzene rings is 1. The molecule has 130 valence electrons. The van der Waals surface area contributed by atoms with Crippen LogP contribution in [0.4, 0.5) is 11.8 Å². The molecule has 0 unspecified atom stereocenters. The third-order valence-electron chi connectivity index (χ3n) is 4.97. The van der Waals surface area contributed by atoms with Crippen LogP contribution < -0.4 is 10.2 Å². The summed E-state index contributed by atoms with van der Waals surface area (Å²) in [5.74, 6) is 1.57. The molecule has 1 aliphatic heterocycles. The predicted octanol–water partition coefficient (Wildman–Crippen LogP) is 3.36. The van der Waals surface area contributed by atoms with E-state index in [2.05, 4.69) is 22.2 Å². The van der Waals surface area contributed by atoms with Gasteiger partial charge in [-0.3, -0.25) is 0 Å². The van der Waals surface area contributed by atoms with Crippen LogP contribution in [0.1, 0.15) is 12.8 Å². The Morgan fingerprint density at radius 1 is 1.16 bits per heavy atom. The lowest BCUT2D eigenvalue weighted by Crippen LogP contribution is -2.45. The molecule has 5 rings (SSSR count). The van der Waals surface area contributed by atoms with E-state index in [0.29, 0.717) is 17.0 Å². The van der Waals surface area contributed by atoms with Gasteiger partial charge in [0.05, 0.1) is 0 Å². The zero-order valence-corrected chi connectivity index (χ0v) is 14.9. The summed E-state index contributed by atoms with van der Waals surface area (Å²) in [6.45, 7) is 3.90. The van der Waals surface area contributed by atoms with Crippen LogP contribution in [0.3, 0.4) is 0 Å². The zero-order valence-electron chi connectivity index (χ0n) is 14.1. The average Bonchev–Trinajstić information content (AvgIpc) is 3.35. The lowest BCUT2D eigenvalue weighted by Gasteiger charge is -2.33. The molecule has 2 aromatic heterocycles. The first-order chi connectivity index (χ1) is 12.2. The number of rotatable bonds is 3. The minimum absolute atomic E-state index is 0.500. The van der Waals surface area contributed by atoms with Gasteiger partial charge in [-0.15, -0.1) is 0 Å². The molecule has 1 saturated heterocycles. The van der Waals surface area contributed by atoms with Crippen molar-refractivity contribution in [1.29, 1.82) is 0 Å². The molecule has 0 spiro atoms. The van der Waals surface area contributed by atoms with Crippen LogP contribution in [-0.4, -0.2) is 54.1 Å². The summed E-state index contributed by atoms with van der Waals surface area (Å²) >= 11 is 6.20. The maximum Gasteiger partial charge on any atom is 0.225 e. The molecule has 25 heavy (non-hydrogen) atoms. The van der Waals surface area contributed by atoms with Crippen LogP contribution in [0.15, 0.2) is 22.6 Å². The van der Waals surface area contributed by atoms with Crippen molar-refractivity contribution in [2.45, 2.75) is 18.9 Å². The van der Waals surface area contributed by atoms with E-state index in [1.54, 1.807) is 0 Å². The molecular formula is C18H20ClN5O. The van der Waals surface area contributed by atoms with Crippen LogP contribution in [0, 0.1) is 0 Å². The Morgan fingerprint density at radius 3 is 2.72 bits per heavy atom. The molecule has 1 saturated carbocycles. The molecule has 1 N–H and O–H groups in total. The second-order valence-corrected chi connectivity index (χ2v) is 7.44. The van der Waals surface area contributed by atoms with Crippen LogP contribution in [0.25, 0.3) is 22.1 Å². The summed E-state index contributed by atoms with van der Waals surface area (Å²) in [6, 6.07) is 6.17. The zero-order chi connectivity index (χ0) is 17.0. The van der Waals surface area contributed by atoms with Crippen molar-refractivity contribution >= 4 is 45.4 Å². The van der Waals surface area contributed by atoms with E-state index in [1.165, 1.54) is 12.8 Å². The van der Waals surface area contributed by atoms with Gasteiger partial charge in [0.2, 0.25) is 5.95 Å². The maximum absolute atomic E-state index is 6.20. The van der Waals surface area contributed by atoms with Gasteiger partial charge >= 0.3 is 0 Å². The Morgan fingerprint density at radius 2 is 1.96 bits per heavy atom. The van der Waals surface area contributed by atoms with E-state index in [4.69, 9.17) is 26.0 Å². The number of fused-ring (bicyclic) bond motifs is 3. The smallest absolute Gasteiger partial charge is 0.225 e. The number of anilines is 2. The van der Waals surface area contributed by atoms with E-state index in [0.717, 1.165) is 54.1 Å². The van der Waals surface area contributed by atoms with Crippen molar-refractivity contribution in [3.63, 3.8) is 0 Å². The number of hydrogen-bond donors (Lipinski definition) is 1. The van der Waals surface area contributed by atoms with Crippen molar-refractivity contribution in [2.75, 3.05) is 43.4 Å². The molecule has 1 aliphatic carbocycles. The average molecular weight is 358 g/mol. The van der Waals surface area contributed by atoms with Gasteiger partial charge in [-0.2, -0.15) is 4.98 Å². The molecule has 3 aromatic rings. The number of likely N-dealkylation sites (N-methyl/N-ethyl adjacent to an activating group) is 1. The summed E-state index contributed by atoms with van der Waals surface area (Å²) in [5.41, 5.74) is 2.39. The van der Waals surface area contributed by atoms with Gasteiger partial charge in [-0.05, 0) is 38.1 Å². The fourth-order valence-electron chi connectivity index (χ4n) is 3.31. The van der Waals surface area contributed by atoms with Gasteiger partial charge in [-0.1, -0.05) is 11.6 Å². The highest BCUT2D eigenvalue weighted by Gasteiger charge is 2.26. The third kappa shape index (κ3) is 2.79. The van der Waals surface area contributed by atoms with Gasteiger partial charge < -0.3 is 19.5 Å². The summed E-state index contributed by atoms with van der Waals surface area (Å²) in [7, 11) is 2.15. The number of nitrogens with one attached hydrogen (secondary N) is 1. The van der Waals surface area contributed by atoms with Gasteiger partial charge in [0.1, 0.15) is 11.1 Å². The summed E-state index contributed by atoms with van der Waals surface area (Å²) in [5, 5.41) is 5.06. The lowest BCUT2D eigenvalue weighted by atomic mass is 10.2. The maximum atomic E-state index is 6.20. The van der Waals surface area contributed by atoms with Crippen molar-refractivity contribution in [3.8, 4) is 0 Å². The topological polar surface area (TPSA) is 57.4 Å². The van der Waals surface area contributed by atoms with Crippen LogP contribution in [-0.2, 0) is 0 Å². The van der Waals surface area contributed by atoms with Crippen LogP contribution in [0.2, 0.25) is 5.02 Å². The number of piperazine rings is 1. The molecular weight excluding hydrogens is 338 g/mol. The first-order valence-electron chi connectivity index (χ1n) is 8.77. The monoisotopic (exact) mass is 357 g/mol. The molecule has 0 atom stereocenters. The molecule has 3 heterocycles. The molecule has 0 bridgehead atoms. The van der Waals surface area contributed by atoms with Gasteiger partial charge in [0.25, 0.3) is 0 Å². The normalized spacial score (nSPS) is 19.0. The fraction of sp³-hybridized carbons (Fsp3) is 0.444. The first kappa shape index (κ1) is 15.2. The van der Waals surface area contributed by atoms with Crippen LogP contribution in [0.5, 0.6) is 0 Å². The van der Waals surface area contributed by atoms with Crippen molar-refractivity contribution in [3.05, 3.63) is 23.2 Å². The molecule has 6 nitrogen and oxygen atoms in total. The number of nitrogens with zero attached hydrogens (tertiary/aromatic N) is 4. The summed E-state index contributed by atoms with van der Waals surface area (Å²) in [4.78, 5) is 14.2. The van der Waals surface area contributed by atoms with E-state index < -0.39 is 0 Å². The first-order valence-corrected chi connectivity index (χ1v) is 9.15. The number of furan rings is 1. The minimum Gasteiger partial charge on any atom is -0.450 e. The molecule has 2 fully saturated rings.